The molecule has 8 bridgehead atoms. The molecule has 4 saturated carbocycles. The molecule has 20 atom stereocenters. The molecule has 0 aromatic rings. The first kappa shape index (κ1) is 50.0. The second-order valence-corrected chi connectivity index (χ2v) is 22.8. The first-order valence-electron chi connectivity index (χ1n) is 27.7. The number of unbranched alkanes of at least 4 members (excludes halogenated alkanes) is 8. The molecule has 9 aliphatic rings. The summed E-state index contributed by atoms with van der Waals surface area (Å²) in [5.74, 6) is 9.03. The largest absolute Gasteiger partial charge is 0.412 e. The van der Waals surface area contributed by atoms with E-state index in [1.807, 2.05) is 0 Å². The van der Waals surface area contributed by atoms with Gasteiger partial charge in [0.25, 0.3) is 0 Å². The van der Waals surface area contributed by atoms with Crippen molar-refractivity contribution in [2.45, 2.75) is 257 Å². The zero-order valence-electron chi connectivity index (χ0n) is 40.2. The van der Waals surface area contributed by atoms with Crippen molar-refractivity contribution in [3.05, 3.63) is 0 Å². The molecule has 0 spiro atoms. The maximum absolute atomic E-state index is 4.62. The Hall–Kier alpha value is 0.159. The fourth-order valence-corrected chi connectivity index (χ4v) is 16.8. The minimum atomic E-state index is 0. The quantitative estimate of drug-likeness (QED) is 0.0570. The van der Waals surface area contributed by atoms with Crippen LogP contribution in [0.3, 0.4) is 0 Å². The van der Waals surface area contributed by atoms with Crippen molar-refractivity contribution >= 4 is 0 Å². The van der Waals surface area contributed by atoms with Crippen LogP contribution in [-0.2, 0) is 17.1 Å². The van der Waals surface area contributed by atoms with Gasteiger partial charge in [-0.3, -0.25) is 42.5 Å². The fourth-order valence-electron chi connectivity index (χ4n) is 16.8. The Morgan fingerprint density at radius 3 is 0.742 bits per heavy atom. The predicted octanol–water partition coefficient (Wildman–Crippen LogP) is 9.00. The molecule has 359 valence electrons. The van der Waals surface area contributed by atoms with Gasteiger partial charge in [-0.15, -0.1) is 0 Å². The van der Waals surface area contributed by atoms with E-state index >= 15 is 0 Å². The first-order valence-corrected chi connectivity index (χ1v) is 27.7. The van der Waals surface area contributed by atoms with Gasteiger partial charge in [-0.25, -0.2) is 0 Å². The second-order valence-electron chi connectivity index (χ2n) is 22.8. The number of hydrogen-bond acceptors (Lipinski definition) is 8. The summed E-state index contributed by atoms with van der Waals surface area (Å²) in [5.41, 5.74) is 0. The van der Waals surface area contributed by atoms with Crippen molar-refractivity contribution in [2.24, 2.45) is 71.0 Å². The van der Waals surface area contributed by atoms with Crippen LogP contribution in [-0.4, -0.2) is 54.8 Å². The van der Waals surface area contributed by atoms with Crippen LogP contribution < -0.4 is 42.5 Å². The molecule has 0 aromatic carbocycles. The third-order valence-electron chi connectivity index (χ3n) is 19.5. The van der Waals surface area contributed by atoms with Gasteiger partial charge in [0.05, 0.1) is 49.3 Å². The second kappa shape index (κ2) is 23.9. The van der Waals surface area contributed by atoms with Crippen LogP contribution in [0.4, 0.5) is 0 Å². The van der Waals surface area contributed by atoms with Gasteiger partial charge in [0.1, 0.15) is 0 Å². The summed E-state index contributed by atoms with van der Waals surface area (Å²) < 4.78 is 0. The Balaban J connectivity index is 0.00000289. The van der Waals surface area contributed by atoms with E-state index in [0.717, 1.165) is 35.5 Å². The van der Waals surface area contributed by atoms with E-state index in [0.29, 0.717) is 84.8 Å². The van der Waals surface area contributed by atoms with Gasteiger partial charge >= 0.3 is 0 Å². The smallest absolute Gasteiger partial charge is 0.0631 e. The van der Waals surface area contributed by atoms with E-state index in [1.54, 1.807) is 0 Å². The van der Waals surface area contributed by atoms with Crippen molar-refractivity contribution in [3.63, 3.8) is 0 Å². The first-order chi connectivity index (χ1) is 29.6. The maximum atomic E-state index is 4.62. The zero-order valence-corrected chi connectivity index (χ0v) is 41.4. The molecule has 10 N–H and O–H groups in total. The van der Waals surface area contributed by atoms with Crippen molar-refractivity contribution in [1.82, 2.24) is 42.5 Å². The molecule has 5 heterocycles. The molecule has 9 rings (SSSR count). The third kappa shape index (κ3) is 10.6. The molecule has 62 heavy (non-hydrogen) atoms. The SMILES string of the molecule is CCCCCC1C(CCCCC)C(CCCCC)C2C3NC4NC(NC5NC(NC6NC(NC(N3)C2C1CCCCC)C1CCCCC61)C1CCCCC51)C1CCCCC41.O.[Mn]. The Morgan fingerprint density at radius 2 is 0.500 bits per heavy atom. The standard InChI is InChI=1S/C52H96N8.Mn.H2O/c1-5-9-13-23-33-34(24-14-10-6-2)36(26-16-12-8-4)44-43(35(33)25-15-11-7-3)51-58-49-41-31-21-19-29-39(41)47(56-49)54-45-37-27-17-18-28-38(37)46(53-45)55-48-40-30-20-22-32-42(40)50(57-48)59-52(44)60-51;;/h33-60H,5-32H2,1-4H3;;1H2. The van der Waals surface area contributed by atoms with Gasteiger partial charge < -0.3 is 5.48 Å². The van der Waals surface area contributed by atoms with Crippen LogP contribution in [0.15, 0.2) is 0 Å². The number of fused-ring (bicyclic) bond motifs is 20. The van der Waals surface area contributed by atoms with E-state index in [9.17, 15) is 0 Å². The summed E-state index contributed by atoms with van der Waals surface area (Å²) in [6.07, 6.45) is 42.2. The molecule has 5 saturated heterocycles. The summed E-state index contributed by atoms with van der Waals surface area (Å²) in [6, 6.07) is 0. The summed E-state index contributed by atoms with van der Waals surface area (Å²) >= 11 is 0. The van der Waals surface area contributed by atoms with Crippen molar-refractivity contribution in [3.8, 4) is 0 Å². The van der Waals surface area contributed by atoms with Crippen molar-refractivity contribution < 1.29 is 22.5 Å². The van der Waals surface area contributed by atoms with Gasteiger partial charge in [-0.05, 0) is 135 Å². The molecular formula is C52H98MnN8O. The Morgan fingerprint density at radius 1 is 0.290 bits per heavy atom. The van der Waals surface area contributed by atoms with E-state index in [-0.39, 0.29) is 22.5 Å². The fraction of sp³-hybridized carbons (Fsp3) is 1.00. The number of nitrogens with one attached hydrogen (secondary N) is 8. The van der Waals surface area contributed by atoms with Gasteiger partial charge in [-0.2, -0.15) is 0 Å². The number of rotatable bonds is 16. The number of hydrogen-bond donors (Lipinski definition) is 8. The van der Waals surface area contributed by atoms with Crippen LogP contribution in [0.5, 0.6) is 0 Å². The molecule has 9 nitrogen and oxygen atoms in total. The summed E-state index contributed by atoms with van der Waals surface area (Å²) in [7, 11) is 0. The van der Waals surface area contributed by atoms with Crippen LogP contribution in [0.25, 0.3) is 0 Å². The van der Waals surface area contributed by atoms with Crippen LogP contribution in [0.1, 0.15) is 207 Å². The normalized spacial score (nSPS) is 45.9. The zero-order chi connectivity index (χ0) is 41.0. The van der Waals surface area contributed by atoms with Crippen LogP contribution in [0.2, 0.25) is 0 Å². The average Bonchev–Trinajstić information content (AvgIpc) is 4.01. The minimum absolute atomic E-state index is 0. The molecule has 5 aliphatic heterocycles. The van der Waals surface area contributed by atoms with Gasteiger partial charge in [0, 0.05) is 17.1 Å². The van der Waals surface area contributed by atoms with E-state index in [1.165, 1.54) is 180 Å². The summed E-state index contributed by atoms with van der Waals surface area (Å²) in [5, 5.41) is 35.8. The average molecular weight is 906 g/mol. The molecule has 10 heteroatoms. The molecule has 20 unspecified atom stereocenters. The molecule has 0 amide bonds. The van der Waals surface area contributed by atoms with Gasteiger partial charge in [0.2, 0.25) is 0 Å². The minimum Gasteiger partial charge on any atom is -0.412 e. The molecule has 4 aliphatic carbocycles. The van der Waals surface area contributed by atoms with Gasteiger partial charge in [-0.1, -0.05) is 143 Å². The summed E-state index contributed by atoms with van der Waals surface area (Å²) in [6.45, 7) is 9.72. The van der Waals surface area contributed by atoms with Crippen molar-refractivity contribution in [1.29, 1.82) is 0 Å². The monoisotopic (exact) mass is 906 g/mol. The van der Waals surface area contributed by atoms with E-state index < -0.39 is 0 Å². The van der Waals surface area contributed by atoms with E-state index in [2.05, 4.69) is 70.2 Å². The molecule has 1 radical (unpaired) electrons. The molecule has 9 fully saturated rings. The molecule has 0 aromatic heterocycles. The Kier molecular flexibility index (Phi) is 19.3. The summed E-state index contributed by atoms with van der Waals surface area (Å²) in [4.78, 5) is 0. The topological polar surface area (TPSA) is 128 Å². The van der Waals surface area contributed by atoms with Crippen molar-refractivity contribution in [2.75, 3.05) is 0 Å². The Labute approximate surface area is 391 Å². The molecular weight excluding hydrogens is 808 g/mol. The van der Waals surface area contributed by atoms with Crippen LogP contribution in [0, 0.1) is 71.0 Å². The third-order valence-corrected chi connectivity index (χ3v) is 19.5. The van der Waals surface area contributed by atoms with E-state index in [4.69, 9.17) is 0 Å². The Bertz CT molecular complexity index is 1220. The van der Waals surface area contributed by atoms with Gasteiger partial charge in [0.15, 0.2) is 0 Å². The predicted molar refractivity (Wildman–Crippen MR) is 253 cm³/mol. The van der Waals surface area contributed by atoms with Crippen LogP contribution >= 0.6 is 0 Å². The maximum Gasteiger partial charge on any atom is 0.0631 e.